The van der Waals surface area contributed by atoms with Crippen molar-refractivity contribution in [3.63, 3.8) is 0 Å². The molecule has 0 radical (unpaired) electrons. The maximum Gasteiger partial charge on any atom is 0.308 e. The van der Waals surface area contributed by atoms with Crippen LogP contribution < -0.4 is 5.32 Å². The number of nitrogens with zero attached hydrogens (tertiary/aromatic N) is 1. The molecule has 2 aromatic rings. The lowest BCUT2D eigenvalue weighted by Crippen LogP contribution is -2.39. The maximum absolute atomic E-state index is 11.3. The minimum atomic E-state index is -0.770. The van der Waals surface area contributed by atoms with Crippen LogP contribution in [-0.2, 0) is 4.79 Å². The van der Waals surface area contributed by atoms with E-state index in [9.17, 15) is 9.90 Å². The Balaban J connectivity index is 1.97. The van der Waals surface area contributed by atoms with Gasteiger partial charge in [0, 0.05) is 35.8 Å². The molecule has 0 amide bonds. The van der Waals surface area contributed by atoms with E-state index in [1.807, 2.05) is 12.1 Å². The first-order valence-electron chi connectivity index (χ1n) is 6.02. The smallest absolute Gasteiger partial charge is 0.308 e. The van der Waals surface area contributed by atoms with Gasteiger partial charge in [-0.15, -0.1) is 0 Å². The van der Waals surface area contributed by atoms with Crippen LogP contribution in [0.25, 0.3) is 11.0 Å². The van der Waals surface area contributed by atoms with Gasteiger partial charge in [0.15, 0.2) is 0 Å². The maximum atomic E-state index is 11.3. The number of furan rings is 1. The summed E-state index contributed by atoms with van der Waals surface area (Å²) in [6.07, 6.45) is 4.15. The number of hydrogen-bond donors (Lipinski definition) is 2. The number of hydrogen-bond acceptors (Lipinski definition) is 4. The summed E-state index contributed by atoms with van der Waals surface area (Å²) in [7, 11) is 0. The summed E-state index contributed by atoms with van der Waals surface area (Å²) in [6, 6.07) is 3.71. The van der Waals surface area contributed by atoms with Gasteiger partial charge in [0.25, 0.3) is 0 Å². The third-order valence-electron chi connectivity index (χ3n) is 3.54. The zero-order valence-electron chi connectivity index (χ0n) is 9.80. The molecule has 1 aliphatic rings. The molecule has 2 atom stereocenters. The largest absolute Gasteiger partial charge is 0.481 e. The molecule has 0 bridgehead atoms. The Morgan fingerprint density at radius 1 is 1.56 bits per heavy atom. The standard InChI is InChI=1S/C13H14N2O3/c16-13(17)10-7-14-3-1-9(10)11-5-12-8(6-15-11)2-4-18-12/h2,4-6,9-10,14H,1,3,7H2,(H,16,17). The van der Waals surface area contributed by atoms with E-state index in [0.29, 0.717) is 6.54 Å². The van der Waals surface area contributed by atoms with E-state index in [1.165, 1.54) is 0 Å². The monoisotopic (exact) mass is 246 g/mol. The predicted octanol–water partition coefficient (Wildman–Crippen LogP) is 1.61. The van der Waals surface area contributed by atoms with E-state index >= 15 is 0 Å². The van der Waals surface area contributed by atoms with Gasteiger partial charge in [-0.3, -0.25) is 9.78 Å². The minimum absolute atomic E-state index is 0.0433. The second-order valence-electron chi connectivity index (χ2n) is 4.61. The molecule has 2 unspecified atom stereocenters. The first-order chi connectivity index (χ1) is 8.75. The summed E-state index contributed by atoms with van der Waals surface area (Å²) >= 11 is 0. The van der Waals surface area contributed by atoms with Gasteiger partial charge in [-0.25, -0.2) is 0 Å². The highest BCUT2D eigenvalue weighted by molar-refractivity contribution is 5.77. The second-order valence-corrected chi connectivity index (χ2v) is 4.61. The third kappa shape index (κ3) is 1.86. The quantitative estimate of drug-likeness (QED) is 0.841. The van der Waals surface area contributed by atoms with Gasteiger partial charge in [0.2, 0.25) is 0 Å². The number of fused-ring (bicyclic) bond motifs is 1. The van der Waals surface area contributed by atoms with Crippen molar-refractivity contribution in [3.8, 4) is 0 Å². The van der Waals surface area contributed by atoms with Crippen molar-refractivity contribution >= 4 is 16.9 Å². The van der Waals surface area contributed by atoms with Crippen molar-refractivity contribution in [2.45, 2.75) is 12.3 Å². The Labute approximate surface area is 104 Å². The molecule has 5 heteroatoms. The van der Waals surface area contributed by atoms with E-state index in [0.717, 1.165) is 29.6 Å². The van der Waals surface area contributed by atoms with Crippen molar-refractivity contribution < 1.29 is 14.3 Å². The molecule has 0 spiro atoms. The minimum Gasteiger partial charge on any atom is -0.481 e. The number of piperidine rings is 1. The van der Waals surface area contributed by atoms with Gasteiger partial charge in [0.05, 0.1) is 12.2 Å². The van der Waals surface area contributed by atoms with Crippen molar-refractivity contribution in [2.75, 3.05) is 13.1 Å². The third-order valence-corrected chi connectivity index (χ3v) is 3.54. The van der Waals surface area contributed by atoms with Crippen molar-refractivity contribution in [1.29, 1.82) is 0 Å². The van der Waals surface area contributed by atoms with Crippen molar-refractivity contribution in [2.24, 2.45) is 5.92 Å². The van der Waals surface area contributed by atoms with Crippen molar-refractivity contribution in [3.05, 3.63) is 30.3 Å². The fourth-order valence-electron chi connectivity index (χ4n) is 2.55. The van der Waals surface area contributed by atoms with Gasteiger partial charge in [-0.1, -0.05) is 0 Å². The number of nitrogens with one attached hydrogen (secondary N) is 1. The summed E-state index contributed by atoms with van der Waals surface area (Å²) in [4.78, 5) is 15.6. The lowest BCUT2D eigenvalue weighted by Gasteiger charge is -2.28. The number of rotatable bonds is 2. The van der Waals surface area contributed by atoms with Crippen LogP contribution in [0.4, 0.5) is 0 Å². The van der Waals surface area contributed by atoms with Crippen molar-refractivity contribution in [1.82, 2.24) is 10.3 Å². The van der Waals surface area contributed by atoms with Gasteiger partial charge in [0.1, 0.15) is 5.58 Å². The molecule has 1 saturated heterocycles. The molecular weight excluding hydrogens is 232 g/mol. The summed E-state index contributed by atoms with van der Waals surface area (Å²) in [5.74, 6) is -1.23. The number of carbonyl (C=O) groups is 1. The highest BCUT2D eigenvalue weighted by atomic mass is 16.4. The molecule has 1 fully saturated rings. The average molecular weight is 246 g/mol. The van der Waals surface area contributed by atoms with Crippen LogP contribution in [0.3, 0.4) is 0 Å². The first-order valence-corrected chi connectivity index (χ1v) is 6.02. The molecule has 2 aromatic heterocycles. The van der Waals surface area contributed by atoms with E-state index in [-0.39, 0.29) is 5.92 Å². The average Bonchev–Trinajstić information content (AvgIpc) is 2.85. The van der Waals surface area contributed by atoms with Gasteiger partial charge in [-0.05, 0) is 19.0 Å². The molecule has 3 rings (SSSR count). The predicted molar refractivity (Wildman–Crippen MR) is 65.4 cm³/mol. The molecule has 94 valence electrons. The van der Waals surface area contributed by atoms with Crippen LogP contribution in [0, 0.1) is 5.92 Å². The number of pyridine rings is 1. The van der Waals surface area contributed by atoms with Crippen LogP contribution in [0.2, 0.25) is 0 Å². The van der Waals surface area contributed by atoms with Crippen LogP contribution in [-0.4, -0.2) is 29.1 Å². The molecule has 1 aliphatic heterocycles. The summed E-state index contributed by atoms with van der Waals surface area (Å²) < 4.78 is 5.34. The van der Waals surface area contributed by atoms with E-state index in [4.69, 9.17) is 4.42 Å². The number of carboxylic acid groups (broad SMARTS) is 1. The molecule has 0 saturated carbocycles. The lowest BCUT2D eigenvalue weighted by molar-refractivity contribution is -0.143. The SMILES string of the molecule is O=C(O)C1CNCCC1c1cc2occc2cn1. The highest BCUT2D eigenvalue weighted by Crippen LogP contribution is 2.30. The lowest BCUT2D eigenvalue weighted by atomic mass is 9.83. The van der Waals surface area contributed by atoms with E-state index in [1.54, 1.807) is 12.5 Å². The summed E-state index contributed by atoms with van der Waals surface area (Å²) in [5, 5.41) is 13.3. The zero-order chi connectivity index (χ0) is 12.5. The van der Waals surface area contributed by atoms with Gasteiger partial charge < -0.3 is 14.8 Å². The fraction of sp³-hybridized carbons (Fsp3) is 0.385. The Bertz CT molecular complexity index is 578. The van der Waals surface area contributed by atoms with Crippen LogP contribution in [0.15, 0.2) is 29.0 Å². The molecule has 3 heterocycles. The number of aromatic nitrogens is 1. The molecule has 2 N–H and O–H groups in total. The molecule has 5 nitrogen and oxygen atoms in total. The zero-order valence-corrected chi connectivity index (χ0v) is 9.80. The van der Waals surface area contributed by atoms with Gasteiger partial charge >= 0.3 is 5.97 Å². The molecule has 0 aromatic carbocycles. The second kappa shape index (κ2) is 4.42. The normalized spacial score (nSPS) is 24.2. The summed E-state index contributed by atoms with van der Waals surface area (Å²) in [5.41, 5.74) is 1.58. The number of carboxylic acids is 1. The van der Waals surface area contributed by atoms with Crippen LogP contribution in [0.1, 0.15) is 18.0 Å². The van der Waals surface area contributed by atoms with Crippen LogP contribution in [0.5, 0.6) is 0 Å². The fourth-order valence-corrected chi connectivity index (χ4v) is 2.55. The highest BCUT2D eigenvalue weighted by Gasteiger charge is 2.32. The Morgan fingerprint density at radius 3 is 3.28 bits per heavy atom. The van der Waals surface area contributed by atoms with Gasteiger partial charge in [-0.2, -0.15) is 0 Å². The molecule has 0 aliphatic carbocycles. The van der Waals surface area contributed by atoms with E-state index < -0.39 is 11.9 Å². The number of aliphatic carboxylic acids is 1. The molecular formula is C13H14N2O3. The Kier molecular flexibility index (Phi) is 2.76. The van der Waals surface area contributed by atoms with E-state index in [2.05, 4.69) is 10.3 Å². The van der Waals surface area contributed by atoms with Crippen LogP contribution >= 0.6 is 0 Å². The summed E-state index contributed by atoms with van der Waals surface area (Å²) in [6.45, 7) is 1.32. The molecule has 18 heavy (non-hydrogen) atoms. The Morgan fingerprint density at radius 2 is 2.44 bits per heavy atom. The first kappa shape index (κ1) is 11.2. The Hall–Kier alpha value is -1.88. The topological polar surface area (TPSA) is 75.4 Å².